The second-order valence-corrected chi connectivity index (χ2v) is 5.28. The molecule has 1 N–H and O–H groups in total. The third kappa shape index (κ3) is 7.10. The highest BCUT2D eigenvalue weighted by molar-refractivity contribution is 5.94. The summed E-state index contributed by atoms with van der Waals surface area (Å²) in [5, 5.41) is 2.33. The molecule has 0 spiro atoms. The first-order valence-electron chi connectivity index (χ1n) is 8.33. The highest BCUT2D eigenvalue weighted by atomic mass is 19.3. The van der Waals surface area contributed by atoms with Crippen LogP contribution in [0.1, 0.15) is 6.92 Å². The molecule has 0 aliphatic heterocycles. The predicted molar refractivity (Wildman–Crippen MR) is 95.8 cm³/mol. The van der Waals surface area contributed by atoms with Crippen LogP contribution in [-0.4, -0.2) is 38.3 Å². The molecule has 2 aromatic carbocycles. The molecule has 1 amide bonds. The summed E-state index contributed by atoms with van der Waals surface area (Å²) in [5.41, 5.74) is 0.0366. The summed E-state index contributed by atoms with van der Waals surface area (Å²) >= 11 is 0. The molecule has 0 atom stereocenters. The van der Waals surface area contributed by atoms with Crippen molar-refractivity contribution in [1.29, 1.82) is 0 Å². The maximum absolute atomic E-state index is 12.4. The van der Waals surface area contributed by atoms with E-state index in [2.05, 4.69) is 10.1 Å². The van der Waals surface area contributed by atoms with Crippen LogP contribution in [0.15, 0.2) is 48.5 Å². The Bertz CT molecular complexity index is 782. The Balaban J connectivity index is 1.76. The Labute approximate surface area is 160 Å². The van der Waals surface area contributed by atoms with Crippen LogP contribution in [0, 0.1) is 0 Å². The van der Waals surface area contributed by atoms with Gasteiger partial charge < -0.3 is 24.3 Å². The Hall–Kier alpha value is -3.36. The van der Waals surface area contributed by atoms with E-state index in [9.17, 15) is 18.4 Å². The topological polar surface area (TPSA) is 83.1 Å². The molecule has 0 saturated heterocycles. The van der Waals surface area contributed by atoms with Crippen molar-refractivity contribution < 1.29 is 37.3 Å². The lowest BCUT2D eigenvalue weighted by Gasteiger charge is -2.12. The number of carbonyl (C=O) groups excluding carboxylic acids is 2. The standard InChI is InChI=1S/C19H19F2NO6/c1-2-25-13-7-9-14(10-8-13)26-12-18(24)27-11-17(23)22-15-5-3-4-6-16(15)28-19(20)21/h3-10,19H,2,11-12H2,1H3,(H,22,23). The number of nitrogens with one attached hydrogen (secondary N) is 1. The van der Waals surface area contributed by atoms with Crippen LogP contribution in [-0.2, 0) is 14.3 Å². The van der Waals surface area contributed by atoms with Gasteiger partial charge in [0.05, 0.1) is 12.3 Å². The lowest BCUT2D eigenvalue weighted by atomic mass is 10.3. The van der Waals surface area contributed by atoms with Gasteiger partial charge in [-0.25, -0.2) is 4.79 Å². The third-order valence-corrected chi connectivity index (χ3v) is 3.23. The van der Waals surface area contributed by atoms with Crippen molar-refractivity contribution in [2.24, 2.45) is 0 Å². The van der Waals surface area contributed by atoms with Crippen molar-refractivity contribution in [3.8, 4) is 17.2 Å². The largest absolute Gasteiger partial charge is 0.494 e. The maximum atomic E-state index is 12.4. The summed E-state index contributed by atoms with van der Waals surface area (Å²) < 4.78 is 44.3. The van der Waals surface area contributed by atoms with Gasteiger partial charge in [0.1, 0.15) is 17.2 Å². The molecule has 150 valence electrons. The molecular formula is C19H19F2NO6. The smallest absolute Gasteiger partial charge is 0.387 e. The molecule has 28 heavy (non-hydrogen) atoms. The molecular weight excluding hydrogens is 376 g/mol. The van der Waals surface area contributed by atoms with Crippen molar-refractivity contribution in [3.63, 3.8) is 0 Å². The fourth-order valence-electron chi connectivity index (χ4n) is 2.08. The summed E-state index contributed by atoms with van der Waals surface area (Å²) in [5.74, 6) is -0.565. The van der Waals surface area contributed by atoms with Gasteiger partial charge in [-0.15, -0.1) is 0 Å². The maximum Gasteiger partial charge on any atom is 0.387 e. The summed E-state index contributed by atoms with van der Waals surface area (Å²) in [4.78, 5) is 23.5. The molecule has 0 unspecified atom stereocenters. The van der Waals surface area contributed by atoms with E-state index in [0.29, 0.717) is 18.1 Å². The highest BCUT2D eigenvalue weighted by Gasteiger charge is 2.13. The molecule has 0 saturated carbocycles. The van der Waals surface area contributed by atoms with Crippen LogP contribution < -0.4 is 19.5 Å². The fraction of sp³-hybridized carbons (Fsp3) is 0.263. The number of alkyl halides is 2. The Kier molecular flexibility index (Phi) is 8.01. The van der Waals surface area contributed by atoms with Crippen LogP contribution in [0.5, 0.6) is 17.2 Å². The zero-order valence-corrected chi connectivity index (χ0v) is 15.0. The number of halogens is 2. The van der Waals surface area contributed by atoms with Gasteiger partial charge in [0.15, 0.2) is 13.2 Å². The predicted octanol–water partition coefficient (Wildman–Crippen LogP) is 3.25. The molecule has 0 radical (unpaired) electrons. The molecule has 7 nitrogen and oxygen atoms in total. The van der Waals surface area contributed by atoms with Crippen LogP contribution in [0.4, 0.5) is 14.5 Å². The Morgan fingerprint density at radius 2 is 1.61 bits per heavy atom. The first-order chi connectivity index (χ1) is 13.5. The minimum absolute atomic E-state index is 0.0366. The molecule has 2 aromatic rings. The number of hydrogen-bond acceptors (Lipinski definition) is 6. The minimum Gasteiger partial charge on any atom is -0.494 e. The SMILES string of the molecule is CCOc1ccc(OCC(=O)OCC(=O)Nc2ccccc2OC(F)F)cc1. The number of amides is 1. The van der Waals surface area contributed by atoms with Gasteiger partial charge in [0.25, 0.3) is 5.91 Å². The summed E-state index contributed by atoms with van der Waals surface area (Å²) in [6.45, 7) is -1.63. The number of carbonyl (C=O) groups is 2. The van der Waals surface area contributed by atoms with Crippen LogP contribution >= 0.6 is 0 Å². The molecule has 0 heterocycles. The molecule has 0 bridgehead atoms. The van der Waals surface area contributed by atoms with Gasteiger partial charge >= 0.3 is 12.6 Å². The lowest BCUT2D eigenvalue weighted by Crippen LogP contribution is -2.24. The number of esters is 1. The van der Waals surface area contributed by atoms with Gasteiger partial charge in [0, 0.05) is 0 Å². The molecule has 0 aliphatic rings. The minimum atomic E-state index is -3.03. The van der Waals surface area contributed by atoms with Gasteiger partial charge in [-0.2, -0.15) is 8.78 Å². The van der Waals surface area contributed by atoms with E-state index in [1.807, 2.05) is 6.92 Å². The zero-order chi connectivity index (χ0) is 20.4. The quantitative estimate of drug-likeness (QED) is 0.622. The van der Waals surface area contributed by atoms with Crippen LogP contribution in [0.2, 0.25) is 0 Å². The first-order valence-corrected chi connectivity index (χ1v) is 8.33. The van der Waals surface area contributed by atoms with E-state index in [4.69, 9.17) is 14.2 Å². The van der Waals surface area contributed by atoms with Crippen molar-refractivity contribution in [2.45, 2.75) is 13.5 Å². The highest BCUT2D eigenvalue weighted by Crippen LogP contribution is 2.25. The van der Waals surface area contributed by atoms with E-state index in [1.54, 1.807) is 24.3 Å². The second kappa shape index (κ2) is 10.7. The normalized spacial score (nSPS) is 10.3. The van der Waals surface area contributed by atoms with Crippen molar-refractivity contribution in [3.05, 3.63) is 48.5 Å². The van der Waals surface area contributed by atoms with Crippen LogP contribution in [0.25, 0.3) is 0 Å². The average Bonchev–Trinajstić information content (AvgIpc) is 2.67. The molecule has 2 rings (SSSR count). The van der Waals surface area contributed by atoms with Crippen molar-refractivity contribution >= 4 is 17.6 Å². The van der Waals surface area contributed by atoms with E-state index in [-0.39, 0.29) is 11.4 Å². The van der Waals surface area contributed by atoms with Crippen molar-refractivity contribution in [1.82, 2.24) is 0 Å². The van der Waals surface area contributed by atoms with Gasteiger partial charge in [-0.05, 0) is 43.3 Å². The van der Waals surface area contributed by atoms with E-state index < -0.39 is 31.7 Å². The second-order valence-electron chi connectivity index (χ2n) is 5.28. The van der Waals surface area contributed by atoms with Crippen LogP contribution in [0.3, 0.4) is 0 Å². The number of ether oxygens (including phenoxy) is 4. The fourth-order valence-corrected chi connectivity index (χ4v) is 2.08. The lowest BCUT2D eigenvalue weighted by molar-refractivity contribution is -0.149. The number of anilines is 1. The van der Waals surface area contributed by atoms with Gasteiger partial charge in [-0.3, -0.25) is 4.79 Å². The summed E-state index contributed by atoms with van der Waals surface area (Å²) in [6, 6.07) is 12.3. The Morgan fingerprint density at radius 1 is 0.964 bits per heavy atom. The molecule has 0 fully saturated rings. The van der Waals surface area contributed by atoms with E-state index in [0.717, 1.165) is 0 Å². The molecule has 9 heteroatoms. The van der Waals surface area contributed by atoms with Gasteiger partial charge in [-0.1, -0.05) is 12.1 Å². The van der Waals surface area contributed by atoms with E-state index >= 15 is 0 Å². The number of para-hydroxylation sites is 2. The molecule has 0 aliphatic carbocycles. The molecule has 0 aromatic heterocycles. The van der Waals surface area contributed by atoms with E-state index in [1.165, 1.54) is 24.3 Å². The third-order valence-electron chi connectivity index (χ3n) is 3.23. The summed E-state index contributed by atoms with van der Waals surface area (Å²) in [6.07, 6.45) is 0. The average molecular weight is 395 g/mol. The first kappa shape index (κ1) is 20.9. The number of hydrogen-bond donors (Lipinski definition) is 1. The Morgan fingerprint density at radius 3 is 2.25 bits per heavy atom. The zero-order valence-electron chi connectivity index (χ0n) is 15.0. The number of rotatable bonds is 10. The summed E-state index contributed by atoms with van der Waals surface area (Å²) in [7, 11) is 0. The monoisotopic (exact) mass is 395 g/mol. The van der Waals surface area contributed by atoms with Gasteiger partial charge in [0.2, 0.25) is 0 Å². The van der Waals surface area contributed by atoms with Crippen molar-refractivity contribution in [2.75, 3.05) is 25.1 Å². The number of benzene rings is 2.